The van der Waals surface area contributed by atoms with Gasteiger partial charge in [0.05, 0.1) is 0 Å². The highest BCUT2D eigenvalue weighted by Crippen LogP contribution is 2.00. The van der Waals surface area contributed by atoms with Crippen molar-refractivity contribution in [1.82, 2.24) is 4.90 Å². The van der Waals surface area contributed by atoms with Gasteiger partial charge in [0.2, 0.25) is 0 Å². The van der Waals surface area contributed by atoms with Crippen LogP contribution in [0.4, 0.5) is 0 Å². The molecule has 12 heavy (non-hydrogen) atoms. The Bertz CT molecular complexity index is 81.1. The van der Waals surface area contributed by atoms with Crippen molar-refractivity contribution in [3.63, 3.8) is 0 Å². The summed E-state index contributed by atoms with van der Waals surface area (Å²) in [6.07, 6.45) is 8.21. The Hall–Kier alpha value is -0.0400. The van der Waals surface area contributed by atoms with Crippen LogP contribution in [0, 0.1) is 0 Å². The van der Waals surface area contributed by atoms with Crippen molar-refractivity contribution in [2.75, 3.05) is 20.1 Å². The summed E-state index contributed by atoms with van der Waals surface area (Å²) >= 11 is 0. The molecule has 0 aliphatic heterocycles. The SMILES string of the molecule is CCCCCCN(C)CCCC. The van der Waals surface area contributed by atoms with Gasteiger partial charge in [-0.25, -0.2) is 0 Å². The summed E-state index contributed by atoms with van der Waals surface area (Å²) in [5, 5.41) is 0. The molecule has 0 N–H and O–H groups in total. The Kier molecular flexibility index (Phi) is 9.02. The van der Waals surface area contributed by atoms with Gasteiger partial charge < -0.3 is 4.90 Å². The van der Waals surface area contributed by atoms with Gasteiger partial charge in [-0.05, 0) is 33.0 Å². The second kappa shape index (κ2) is 9.05. The molecule has 0 aliphatic rings. The molecule has 0 fully saturated rings. The van der Waals surface area contributed by atoms with E-state index in [-0.39, 0.29) is 0 Å². The highest BCUT2D eigenvalue weighted by molar-refractivity contribution is 4.51. The maximum Gasteiger partial charge on any atom is -0.00218 e. The molecule has 0 saturated heterocycles. The molecule has 0 atom stereocenters. The molecule has 0 aromatic rings. The summed E-state index contributed by atoms with van der Waals surface area (Å²) in [6, 6.07) is 0. The van der Waals surface area contributed by atoms with Crippen molar-refractivity contribution in [1.29, 1.82) is 0 Å². The van der Waals surface area contributed by atoms with Gasteiger partial charge in [-0.2, -0.15) is 0 Å². The van der Waals surface area contributed by atoms with E-state index in [2.05, 4.69) is 25.8 Å². The van der Waals surface area contributed by atoms with Crippen molar-refractivity contribution in [2.24, 2.45) is 0 Å². The van der Waals surface area contributed by atoms with E-state index in [1.54, 1.807) is 0 Å². The van der Waals surface area contributed by atoms with Crippen LogP contribution >= 0.6 is 0 Å². The standard InChI is InChI=1S/C11H25N/c1-4-6-8-9-11-12(3)10-7-5-2/h4-11H2,1-3H3. The second-order valence-electron chi connectivity index (χ2n) is 3.72. The van der Waals surface area contributed by atoms with Crippen molar-refractivity contribution in [2.45, 2.75) is 52.4 Å². The van der Waals surface area contributed by atoms with E-state index in [1.807, 2.05) is 0 Å². The predicted octanol–water partition coefficient (Wildman–Crippen LogP) is 3.30. The third-order valence-corrected chi connectivity index (χ3v) is 2.29. The van der Waals surface area contributed by atoms with Crippen LogP contribution < -0.4 is 0 Å². The number of nitrogens with zero attached hydrogens (tertiary/aromatic N) is 1. The number of rotatable bonds is 8. The van der Waals surface area contributed by atoms with E-state index in [1.165, 1.54) is 51.6 Å². The molecule has 0 heterocycles. The lowest BCUT2D eigenvalue weighted by Gasteiger charge is -2.15. The highest BCUT2D eigenvalue weighted by atomic mass is 15.1. The van der Waals surface area contributed by atoms with Crippen molar-refractivity contribution in [3.05, 3.63) is 0 Å². The van der Waals surface area contributed by atoms with Gasteiger partial charge in [0.15, 0.2) is 0 Å². The molecule has 0 aliphatic carbocycles. The maximum atomic E-state index is 2.46. The second-order valence-corrected chi connectivity index (χ2v) is 3.72. The smallest absolute Gasteiger partial charge is 0.00218 e. The topological polar surface area (TPSA) is 3.24 Å². The molecular formula is C11H25N. The monoisotopic (exact) mass is 171 g/mol. The summed E-state index contributed by atoms with van der Waals surface area (Å²) in [4.78, 5) is 2.46. The van der Waals surface area contributed by atoms with Gasteiger partial charge in [0.1, 0.15) is 0 Å². The third-order valence-electron chi connectivity index (χ3n) is 2.29. The average Bonchev–Trinajstić information content (AvgIpc) is 2.09. The Labute approximate surface area is 78.1 Å². The molecule has 0 amide bonds. The fourth-order valence-corrected chi connectivity index (χ4v) is 1.35. The first kappa shape index (κ1) is 12.0. The summed E-state index contributed by atoms with van der Waals surface area (Å²) in [6.45, 7) is 7.09. The van der Waals surface area contributed by atoms with Crippen LogP contribution in [-0.4, -0.2) is 25.0 Å². The van der Waals surface area contributed by atoms with Gasteiger partial charge in [-0.15, -0.1) is 0 Å². The minimum atomic E-state index is 1.28. The zero-order chi connectivity index (χ0) is 9.23. The normalized spacial score (nSPS) is 11.0. The average molecular weight is 171 g/mol. The first-order valence-corrected chi connectivity index (χ1v) is 5.49. The summed E-state index contributed by atoms with van der Waals surface area (Å²) < 4.78 is 0. The molecule has 1 nitrogen and oxygen atoms in total. The maximum absolute atomic E-state index is 2.46. The van der Waals surface area contributed by atoms with Crippen LogP contribution in [-0.2, 0) is 0 Å². The van der Waals surface area contributed by atoms with Crippen LogP contribution in [0.2, 0.25) is 0 Å². The van der Waals surface area contributed by atoms with Gasteiger partial charge >= 0.3 is 0 Å². The molecular weight excluding hydrogens is 146 g/mol. The lowest BCUT2D eigenvalue weighted by atomic mass is 10.2. The minimum Gasteiger partial charge on any atom is -0.306 e. The molecule has 0 unspecified atom stereocenters. The summed E-state index contributed by atoms with van der Waals surface area (Å²) in [5.41, 5.74) is 0. The predicted molar refractivity (Wildman–Crippen MR) is 56.5 cm³/mol. The summed E-state index contributed by atoms with van der Waals surface area (Å²) in [5.74, 6) is 0. The van der Waals surface area contributed by atoms with Crippen molar-refractivity contribution < 1.29 is 0 Å². The molecule has 0 aromatic carbocycles. The fraction of sp³-hybridized carbons (Fsp3) is 1.00. The zero-order valence-electron chi connectivity index (χ0n) is 9.10. The number of unbranched alkanes of at least 4 members (excludes halogenated alkanes) is 4. The zero-order valence-corrected chi connectivity index (χ0v) is 9.10. The van der Waals surface area contributed by atoms with E-state index < -0.39 is 0 Å². The highest BCUT2D eigenvalue weighted by Gasteiger charge is 1.95. The van der Waals surface area contributed by atoms with Crippen LogP contribution in [0.5, 0.6) is 0 Å². The van der Waals surface area contributed by atoms with E-state index in [0.717, 1.165) is 0 Å². The number of hydrogen-bond donors (Lipinski definition) is 0. The molecule has 0 radical (unpaired) electrons. The first-order valence-electron chi connectivity index (χ1n) is 5.49. The van der Waals surface area contributed by atoms with E-state index in [9.17, 15) is 0 Å². The lowest BCUT2D eigenvalue weighted by Crippen LogP contribution is -2.20. The first-order chi connectivity index (χ1) is 5.81. The number of hydrogen-bond acceptors (Lipinski definition) is 1. The lowest BCUT2D eigenvalue weighted by molar-refractivity contribution is 0.319. The summed E-state index contributed by atoms with van der Waals surface area (Å²) in [7, 11) is 2.24. The molecule has 0 rings (SSSR count). The quantitative estimate of drug-likeness (QED) is 0.506. The van der Waals surface area contributed by atoms with Gasteiger partial charge in [-0.3, -0.25) is 0 Å². The van der Waals surface area contributed by atoms with Gasteiger partial charge in [0, 0.05) is 0 Å². The van der Waals surface area contributed by atoms with Gasteiger partial charge in [-0.1, -0.05) is 39.5 Å². The van der Waals surface area contributed by atoms with Crippen LogP contribution in [0.25, 0.3) is 0 Å². The molecule has 0 saturated carbocycles. The third kappa shape index (κ3) is 8.06. The van der Waals surface area contributed by atoms with Crippen LogP contribution in [0.3, 0.4) is 0 Å². The Morgan fingerprint density at radius 1 is 0.750 bits per heavy atom. The molecule has 1 heteroatoms. The van der Waals surface area contributed by atoms with Crippen molar-refractivity contribution in [3.8, 4) is 0 Å². The Balaban J connectivity index is 3.02. The molecule has 0 spiro atoms. The van der Waals surface area contributed by atoms with E-state index in [0.29, 0.717) is 0 Å². The van der Waals surface area contributed by atoms with E-state index in [4.69, 9.17) is 0 Å². The van der Waals surface area contributed by atoms with Gasteiger partial charge in [0.25, 0.3) is 0 Å². The van der Waals surface area contributed by atoms with Crippen LogP contribution in [0.1, 0.15) is 52.4 Å². The van der Waals surface area contributed by atoms with E-state index >= 15 is 0 Å². The Morgan fingerprint density at radius 3 is 1.92 bits per heavy atom. The Morgan fingerprint density at radius 2 is 1.33 bits per heavy atom. The molecule has 0 aromatic heterocycles. The largest absolute Gasteiger partial charge is 0.306 e. The van der Waals surface area contributed by atoms with Crippen LogP contribution in [0.15, 0.2) is 0 Å². The minimum absolute atomic E-state index is 1.28. The molecule has 74 valence electrons. The molecule has 0 bridgehead atoms. The van der Waals surface area contributed by atoms with Crippen molar-refractivity contribution >= 4 is 0 Å². The fourth-order valence-electron chi connectivity index (χ4n) is 1.35.